The first-order valence-electron chi connectivity index (χ1n) is 9.70. The Morgan fingerprint density at radius 2 is 1.66 bits per heavy atom. The van der Waals surface area contributed by atoms with Gasteiger partial charge in [-0.05, 0) is 78.5 Å². The number of thiophene rings is 1. The standard InChI is InChI=1S/C21H26N4O3S/c1-15(26)23-18-2-4-19(5-3-18)24-21(28)20(27)22-12-16-6-9-25(10-7-16)13-17-8-11-29-14-17/h2-5,8,11,14,16H,6-7,9-10,12-13H2,1H3,(H,22,27)(H,23,26)(H,24,28). The highest BCUT2D eigenvalue weighted by molar-refractivity contribution is 7.07. The second kappa shape index (κ2) is 10.2. The Bertz CT molecular complexity index is 828. The van der Waals surface area contributed by atoms with Crippen molar-refractivity contribution in [1.29, 1.82) is 0 Å². The van der Waals surface area contributed by atoms with E-state index < -0.39 is 11.8 Å². The molecule has 2 aromatic rings. The normalized spacial score (nSPS) is 14.9. The fourth-order valence-electron chi connectivity index (χ4n) is 3.33. The molecule has 0 radical (unpaired) electrons. The van der Waals surface area contributed by atoms with Gasteiger partial charge in [0.2, 0.25) is 5.91 Å². The smallest absolute Gasteiger partial charge is 0.313 e. The van der Waals surface area contributed by atoms with Crippen molar-refractivity contribution >= 4 is 40.4 Å². The highest BCUT2D eigenvalue weighted by Gasteiger charge is 2.21. The third-order valence-corrected chi connectivity index (χ3v) is 5.65. The van der Waals surface area contributed by atoms with Crippen LogP contribution in [0.1, 0.15) is 25.3 Å². The maximum atomic E-state index is 12.1. The summed E-state index contributed by atoms with van der Waals surface area (Å²) in [4.78, 5) is 37.6. The predicted molar refractivity (Wildman–Crippen MR) is 115 cm³/mol. The van der Waals surface area contributed by atoms with Gasteiger partial charge in [-0.2, -0.15) is 11.3 Å². The molecule has 3 amide bonds. The van der Waals surface area contributed by atoms with E-state index in [1.165, 1.54) is 12.5 Å². The molecule has 1 aromatic carbocycles. The summed E-state index contributed by atoms with van der Waals surface area (Å²) in [5.74, 6) is -1.09. The maximum Gasteiger partial charge on any atom is 0.313 e. The SMILES string of the molecule is CC(=O)Nc1ccc(NC(=O)C(=O)NCC2CCN(Cc3ccsc3)CC2)cc1. The summed E-state index contributed by atoms with van der Waals surface area (Å²) in [5.41, 5.74) is 2.48. The minimum Gasteiger partial charge on any atom is -0.348 e. The Kier molecular flexibility index (Phi) is 7.37. The first kappa shape index (κ1) is 21.0. The number of anilines is 2. The third kappa shape index (κ3) is 6.69. The largest absolute Gasteiger partial charge is 0.348 e. The van der Waals surface area contributed by atoms with Gasteiger partial charge in [0.05, 0.1) is 0 Å². The van der Waals surface area contributed by atoms with E-state index in [0.29, 0.717) is 23.8 Å². The third-order valence-electron chi connectivity index (χ3n) is 4.91. The summed E-state index contributed by atoms with van der Waals surface area (Å²) < 4.78 is 0. The van der Waals surface area contributed by atoms with Crippen LogP contribution in [0.25, 0.3) is 0 Å². The van der Waals surface area contributed by atoms with Crippen molar-refractivity contribution in [2.75, 3.05) is 30.3 Å². The van der Waals surface area contributed by atoms with Gasteiger partial charge < -0.3 is 16.0 Å². The molecule has 29 heavy (non-hydrogen) atoms. The van der Waals surface area contributed by atoms with E-state index in [1.807, 2.05) is 0 Å². The molecule has 3 rings (SSSR count). The average molecular weight is 415 g/mol. The molecule has 0 bridgehead atoms. The summed E-state index contributed by atoms with van der Waals surface area (Å²) in [6.45, 7) is 4.92. The van der Waals surface area contributed by atoms with Gasteiger partial charge in [0, 0.05) is 31.4 Å². The molecular weight excluding hydrogens is 388 g/mol. The topological polar surface area (TPSA) is 90.5 Å². The van der Waals surface area contributed by atoms with E-state index in [2.05, 4.69) is 37.7 Å². The van der Waals surface area contributed by atoms with Gasteiger partial charge in [-0.3, -0.25) is 19.3 Å². The second-order valence-electron chi connectivity index (χ2n) is 7.27. The van der Waals surface area contributed by atoms with E-state index in [0.717, 1.165) is 32.5 Å². The molecule has 1 aromatic heterocycles. The summed E-state index contributed by atoms with van der Waals surface area (Å²) in [6.07, 6.45) is 2.02. The Morgan fingerprint density at radius 1 is 1.00 bits per heavy atom. The molecule has 7 nitrogen and oxygen atoms in total. The highest BCUT2D eigenvalue weighted by Crippen LogP contribution is 2.19. The number of piperidine rings is 1. The lowest BCUT2D eigenvalue weighted by molar-refractivity contribution is -0.136. The van der Waals surface area contributed by atoms with Crippen LogP contribution >= 0.6 is 11.3 Å². The predicted octanol–water partition coefficient (Wildman–Crippen LogP) is 2.67. The van der Waals surface area contributed by atoms with Gasteiger partial charge in [0.25, 0.3) is 0 Å². The monoisotopic (exact) mass is 414 g/mol. The number of rotatable bonds is 6. The van der Waals surface area contributed by atoms with Gasteiger partial charge >= 0.3 is 11.8 Å². The van der Waals surface area contributed by atoms with E-state index in [-0.39, 0.29) is 5.91 Å². The highest BCUT2D eigenvalue weighted by atomic mass is 32.1. The molecule has 1 aliphatic heterocycles. The molecule has 1 fully saturated rings. The first-order chi connectivity index (χ1) is 14.0. The van der Waals surface area contributed by atoms with Crippen LogP contribution in [0.3, 0.4) is 0 Å². The van der Waals surface area contributed by atoms with Crippen LogP contribution in [0.15, 0.2) is 41.1 Å². The van der Waals surface area contributed by atoms with Gasteiger partial charge in [-0.25, -0.2) is 0 Å². The zero-order chi connectivity index (χ0) is 20.6. The lowest BCUT2D eigenvalue weighted by Gasteiger charge is -2.31. The van der Waals surface area contributed by atoms with Crippen LogP contribution in [-0.2, 0) is 20.9 Å². The molecular formula is C21H26N4O3S. The van der Waals surface area contributed by atoms with E-state index in [1.54, 1.807) is 35.6 Å². The second-order valence-corrected chi connectivity index (χ2v) is 8.05. The van der Waals surface area contributed by atoms with Crippen molar-refractivity contribution in [2.45, 2.75) is 26.3 Å². The summed E-state index contributed by atoms with van der Waals surface area (Å²) in [5, 5.41) is 12.2. The Balaban J connectivity index is 1.37. The molecule has 1 aliphatic rings. The zero-order valence-corrected chi connectivity index (χ0v) is 17.3. The molecule has 0 saturated carbocycles. The summed E-state index contributed by atoms with van der Waals surface area (Å²) in [7, 11) is 0. The number of hydrogen-bond acceptors (Lipinski definition) is 5. The van der Waals surface area contributed by atoms with Crippen molar-refractivity contribution < 1.29 is 14.4 Å². The molecule has 154 valence electrons. The molecule has 8 heteroatoms. The van der Waals surface area contributed by atoms with E-state index >= 15 is 0 Å². The van der Waals surface area contributed by atoms with Gasteiger partial charge in [-0.15, -0.1) is 0 Å². The molecule has 0 aliphatic carbocycles. The Labute approximate surface area is 174 Å². The van der Waals surface area contributed by atoms with Crippen LogP contribution in [0.2, 0.25) is 0 Å². The summed E-state index contributed by atoms with van der Waals surface area (Å²) >= 11 is 1.72. The maximum absolute atomic E-state index is 12.1. The minimum absolute atomic E-state index is 0.168. The molecule has 3 N–H and O–H groups in total. The Morgan fingerprint density at radius 3 is 2.24 bits per heavy atom. The minimum atomic E-state index is -0.688. The number of carbonyl (C=O) groups excluding carboxylic acids is 3. The van der Waals surface area contributed by atoms with Crippen LogP contribution in [0.5, 0.6) is 0 Å². The Hall–Kier alpha value is -2.71. The number of likely N-dealkylation sites (tertiary alicyclic amines) is 1. The lowest BCUT2D eigenvalue weighted by Crippen LogP contribution is -2.41. The van der Waals surface area contributed by atoms with Crippen LogP contribution in [0, 0.1) is 5.92 Å². The quantitative estimate of drug-likeness (QED) is 0.634. The molecule has 2 heterocycles. The molecule has 0 unspecified atom stereocenters. The number of amides is 3. The lowest BCUT2D eigenvalue weighted by atomic mass is 9.96. The molecule has 0 spiro atoms. The fourth-order valence-corrected chi connectivity index (χ4v) is 3.99. The van der Waals surface area contributed by atoms with E-state index in [4.69, 9.17) is 0 Å². The number of carbonyl (C=O) groups is 3. The van der Waals surface area contributed by atoms with Crippen molar-refractivity contribution in [3.63, 3.8) is 0 Å². The van der Waals surface area contributed by atoms with Crippen LogP contribution in [-0.4, -0.2) is 42.3 Å². The zero-order valence-electron chi connectivity index (χ0n) is 16.4. The number of benzene rings is 1. The number of nitrogens with zero attached hydrogens (tertiary/aromatic N) is 1. The van der Waals surface area contributed by atoms with E-state index in [9.17, 15) is 14.4 Å². The van der Waals surface area contributed by atoms with Crippen molar-refractivity contribution in [3.8, 4) is 0 Å². The summed E-state index contributed by atoms with van der Waals surface area (Å²) in [6, 6.07) is 8.76. The van der Waals surface area contributed by atoms with Gasteiger partial charge in [0.1, 0.15) is 0 Å². The first-order valence-corrected chi connectivity index (χ1v) is 10.6. The molecule has 1 saturated heterocycles. The van der Waals surface area contributed by atoms with Gasteiger partial charge in [0.15, 0.2) is 0 Å². The van der Waals surface area contributed by atoms with Gasteiger partial charge in [-0.1, -0.05) is 0 Å². The molecule has 0 atom stereocenters. The van der Waals surface area contributed by atoms with Crippen molar-refractivity contribution in [1.82, 2.24) is 10.2 Å². The van der Waals surface area contributed by atoms with Crippen LogP contribution in [0.4, 0.5) is 11.4 Å². The van der Waals surface area contributed by atoms with Crippen molar-refractivity contribution in [3.05, 3.63) is 46.7 Å². The number of hydrogen-bond donors (Lipinski definition) is 3. The fraction of sp³-hybridized carbons (Fsp3) is 0.381. The van der Waals surface area contributed by atoms with Crippen LogP contribution < -0.4 is 16.0 Å². The average Bonchev–Trinajstić information content (AvgIpc) is 3.21. The van der Waals surface area contributed by atoms with Crippen molar-refractivity contribution in [2.24, 2.45) is 5.92 Å². The number of nitrogens with one attached hydrogen (secondary N) is 3.